The number of hydrogen-bond acceptors (Lipinski definition) is 14. The Hall–Kier alpha value is -10.5. The molecule has 1 aliphatic carbocycles. The van der Waals surface area contributed by atoms with Gasteiger partial charge in [-0.2, -0.15) is 20.7 Å². The van der Waals surface area contributed by atoms with Crippen molar-refractivity contribution in [2.45, 2.75) is 52.5 Å². The van der Waals surface area contributed by atoms with Crippen molar-refractivity contribution in [1.29, 1.82) is 0 Å². The van der Waals surface area contributed by atoms with Crippen molar-refractivity contribution in [3.63, 3.8) is 0 Å². The maximum atomic E-state index is 12.5. The number of ketones is 1. The normalized spacial score (nSPS) is 14.0. The van der Waals surface area contributed by atoms with Gasteiger partial charge in [-0.1, -0.05) is 101 Å². The molecule has 1 aromatic heterocycles. The van der Waals surface area contributed by atoms with Gasteiger partial charge in [0.2, 0.25) is 5.69 Å². The molecule has 0 bridgehead atoms. The number of azo groups is 3. The monoisotopic (exact) mass is 1110 g/mol. The van der Waals surface area contributed by atoms with Crippen LogP contribution >= 0.6 is 0 Å². The number of nitrogens with one attached hydrogen (secondary N) is 1. The Bertz CT molecular complexity index is 3890. The predicted molar refractivity (Wildman–Crippen MR) is 320 cm³/mol. The number of fused-ring (bicyclic) bond motifs is 3. The standard InChI is InChI=1S/C26H28N4O2.C21H22N5O3.C18H11NO3/c1-18-14-23-22(15-20(18)16-24(27-5)28-6)19(2)17-26(3,4)30(23)12-13-32-25(31)29-21-10-8-7-9-11-21;1-15-4-6-16(7-5-15)23-24-20-13-8-17(14-21(20)27-3)25-26(2)18-9-11-19(12-10-18)28-29-22;20-14-9-10-5-1-4-8-13(10)19-16(14)15-17(21)11-6-2-3-7-12(11)18(15)22/h7-11,14-16,19H,12-13,17H2,1-4H3,(H,29,31);4-14H,22H2,1-3H3;1-9,20-21H/q;+1;. The molecule has 418 valence electrons. The SMILES string of the molecule is COc1cc(N=[N+](C)c2ccc(OON)cc2)ccc1N=Nc1ccc(C)cc1.O=C1C(c2nc3ccccc3cc2O)=C(O)c2ccccc21.[C-]#[N+]C(=Cc1cc2c(cc1C)N(CCOC(=O)Nc1ccccc1)C(C)(C)CC2C)[N+]#[C-]. The Balaban J connectivity index is 0.000000165. The maximum Gasteiger partial charge on any atom is 0.519 e. The summed E-state index contributed by atoms with van der Waals surface area (Å²) in [6, 6.07) is 49.5. The van der Waals surface area contributed by atoms with Crippen LogP contribution in [0.4, 0.5) is 38.9 Å². The van der Waals surface area contributed by atoms with Crippen molar-refractivity contribution in [3.8, 4) is 17.2 Å². The maximum absolute atomic E-state index is 12.5. The van der Waals surface area contributed by atoms with Gasteiger partial charge in [0.25, 0.3) is 0 Å². The molecule has 8 aromatic rings. The molecule has 0 saturated carbocycles. The molecular formula is C65H61N10O8+. The average molecular weight is 1110 g/mol. The number of ether oxygens (including phenoxy) is 2. The second-order valence-electron chi connectivity index (χ2n) is 20.0. The molecule has 0 fully saturated rings. The fraction of sp³-hybridized carbons (Fsp3) is 0.185. The number of aryl methyl sites for hydroxylation is 2. The number of hydrogen-bond donors (Lipinski definition) is 4. The molecule has 0 spiro atoms. The fourth-order valence-corrected chi connectivity index (χ4v) is 9.67. The van der Waals surface area contributed by atoms with Crippen molar-refractivity contribution >= 4 is 74.3 Å². The van der Waals surface area contributed by atoms with Crippen LogP contribution in [0.2, 0.25) is 0 Å². The smallest absolute Gasteiger partial charge is 0.506 e. The number of allylic oxidation sites excluding steroid dienone is 1. The van der Waals surface area contributed by atoms with Gasteiger partial charge in [-0.3, -0.25) is 10.1 Å². The van der Waals surface area contributed by atoms with E-state index >= 15 is 0 Å². The minimum Gasteiger partial charge on any atom is -0.506 e. The van der Waals surface area contributed by atoms with Crippen LogP contribution < -0.4 is 25.7 Å². The number of nitrogens with zero attached hydrogens (tertiary/aromatic N) is 8. The number of aliphatic hydroxyl groups excluding tert-OH is 1. The second-order valence-corrected chi connectivity index (χ2v) is 20.0. The number of nitrogens with two attached hydrogens (primary N) is 1. The first kappa shape index (κ1) is 58.6. The van der Waals surface area contributed by atoms with Gasteiger partial charge in [-0.15, -0.1) is 5.11 Å². The third kappa shape index (κ3) is 14.3. The number of carbonyl (C=O) groups excluding carboxylic acids is 2. The highest BCUT2D eigenvalue weighted by Crippen LogP contribution is 2.45. The van der Waals surface area contributed by atoms with Gasteiger partial charge in [0, 0.05) is 57.7 Å². The molecule has 0 radical (unpaired) electrons. The van der Waals surface area contributed by atoms with Gasteiger partial charge >= 0.3 is 11.9 Å². The number of anilines is 2. The van der Waals surface area contributed by atoms with Crippen molar-refractivity contribution in [1.82, 2.24) is 4.98 Å². The second kappa shape index (κ2) is 26.6. The number of aromatic nitrogens is 1. The molecule has 83 heavy (non-hydrogen) atoms. The van der Waals surface area contributed by atoms with E-state index in [4.69, 9.17) is 33.4 Å². The van der Waals surface area contributed by atoms with Gasteiger partial charge in [-0.05, 0) is 129 Å². The summed E-state index contributed by atoms with van der Waals surface area (Å²) in [4.78, 5) is 46.8. The molecule has 1 atom stereocenters. The van der Waals surface area contributed by atoms with E-state index < -0.39 is 6.09 Å². The number of rotatable bonds is 13. The van der Waals surface area contributed by atoms with E-state index in [9.17, 15) is 19.8 Å². The lowest BCUT2D eigenvalue weighted by Crippen LogP contribution is -2.50. The number of Topliss-reactive ketones (excluding diaryl/α,β-unsaturated/α-hetero) is 1. The minimum atomic E-state index is -0.470. The van der Waals surface area contributed by atoms with Crippen molar-refractivity contribution in [2.75, 3.05) is 37.5 Å². The summed E-state index contributed by atoms with van der Waals surface area (Å²) < 4.78 is 12.6. The fourth-order valence-electron chi connectivity index (χ4n) is 9.67. The Morgan fingerprint density at radius 2 is 1.53 bits per heavy atom. The van der Waals surface area contributed by atoms with E-state index in [-0.39, 0.29) is 46.5 Å². The molecule has 5 N–H and O–H groups in total. The zero-order chi connectivity index (χ0) is 59.2. The lowest BCUT2D eigenvalue weighted by atomic mass is 9.79. The zero-order valence-electron chi connectivity index (χ0n) is 46.9. The van der Waals surface area contributed by atoms with Crippen LogP contribution in [-0.2, 0) is 9.73 Å². The van der Waals surface area contributed by atoms with Gasteiger partial charge in [-0.25, -0.2) is 9.78 Å². The number of amides is 1. The van der Waals surface area contributed by atoms with Crippen LogP contribution in [0.25, 0.3) is 38.0 Å². The van der Waals surface area contributed by atoms with E-state index in [0.29, 0.717) is 57.7 Å². The van der Waals surface area contributed by atoms with Crippen molar-refractivity contribution in [2.24, 2.45) is 21.2 Å². The minimum absolute atomic E-state index is 0.0458. The van der Waals surface area contributed by atoms with Crippen LogP contribution in [0.5, 0.6) is 17.2 Å². The van der Waals surface area contributed by atoms with Gasteiger partial charge in [0.05, 0.1) is 30.4 Å². The Kier molecular flexibility index (Phi) is 18.8. The third-order valence-electron chi connectivity index (χ3n) is 13.8. The van der Waals surface area contributed by atoms with E-state index in [1.165, 1.54) is 11.1 Å². The number of aromatic hydroxyl groups is 1. The topological polar surface area (TPSA) is 215 Å². The first-order valence-corrected chi connectivity index (χ1v) is 26.3. The van der Waals surface area contributed by atoms with E-state index in [1.807, 2.05) is 118 Å². The Morgan fingerprint density at radius 1 is 0.855 bits per heavy atom. The van der Waals surface area contributed by atoms with Crippen molar-refractivity contribution in [3.05, 3.63) is 232 Å². The quantitative estimate of drug-likeness (QED) is 0.0280. The molecule has 18 heteroatoms. The number of methoxy groups -OCH3 is 1. The highest BCUT2D eigenvalue weighted by molar-refractivity contribution is 6.39. The summed E-state index contributed by atoms with van der Waals surface area (Å²) in [6.45, 7) is 25.8. The summed E-state index contributed by atoms with van der Waals surface area (Å²) >= 11 is 0. The van der Waals surface area contributed by atoms with E-state index in [1.54, 1.807) is 72.5 Å². The van der Waals surface area contributed by atoms with E-state index in [0.717, 1.165) is 40.0 Å². The van der Waals surface area contributed by atoms with Crippen LogP contribution in [-0.4, -0.2) is 64.6 Å². The van der Waals surface area contributed by atoms with Gasteiger partial charge < -0.3 is 29.5 Å². The molecule has 2 aliphatic rings. The van der Waals surface area contributed by atoms with Crippen LogP contribution in [0, 0.1) is 27.0 Å². The molecule has 2 heterocycles. The van der Waals surface area contributed by atoms with E-state index in [2.05, 4.69) is 78.1 Å². The largest absolute Gasteiger partial charge is 0.519 e. The lowest BCUT2D eigenvalue weighted by molar-refractivity contribution is -0.476. The number of para-hydroxylation sites is 2. The molecule has 7 aromatic carbocycles. The molecule has 10 rings (SSSR count). The number of aliphatic hydroxyl groups is 1. The van der Waals surface area contributed by atoms with Gasteiger partial charge in [0.15, 0.2) is 18.6 Å². The molecule has 1 unspecified atom stereocenters. The summed E-state index contributed by atoms with van der Waals surface area (Å²) in [5, 5.41) is 37.2. The summed E-state index contributed by atoms with van der Waals surface area (Å²) in [5.41, 5.74) is 10.6. The van der Waals surface area contributed by atoms with Gasteiger partial charge in [0.1, 0.15) is 54.1 Å². The summed E-state index contributed by atoms with van der Waals surface area (Å²) in [6.07, 6.45) is 2.13. The molecule has 18 nitrogen and oxygen atoms in total. The molecule has 1 amide bonds. The van der Waals surface area contributed by atoms with Crippen molar-refractivity contribution < 1.29 is 43.8 Å². The number of pyridine rings is 1. The third-order valence-corrected chi connectivity index (χ3v) is 13.8. The molecular weight excluding hydrogens is 1050 g/mol. The molecule has 1 aliphatic heterocycles. The predicted octanol–water partition coefficient (Wildman–Crippen LogP) is 15.7. The summed E-state index contributed by atoms with van der Waals surface area (Å²) in [7, 11) is 3.43. The van der Waals surface area contributed by atoms with Crippen LogP contribution in [0.3, 0.4) is 0 Å². The zero-order valence-corrected chi connectivity index (χ0v) is 46.9. The number of benzene rings is 7. The highest BCUT2D eigenvalue weighted by Gasteiger charge is 2.37. The van der Waals surface area contributed by atoms with Crippen LogP contribution in [0.15, 0.2) is 185 Å². The first-order valence-electron chi connectivity index (χ1n) is 26.3. The first-order chi connectivity index (χ1) is 40.0. The summed E-state index contributed by atoms with van der Waals surface area (Å²) in [5.74, 6) is 5.76. The molecule has 0 saturated heterocycles. The number of carbonyl (C=O) groups is 2. The highest BCUT2D eigenvalue weighted by atomic mass is 17.3. The Morgan fingerprint density at radius 3 is 2.22 bits per heavy atom. The Labute approximate surface area is 481 Å². The lowest BCUT2D eigenvalue weighted by Gasteiger charge is -2.47. The average Bonchev–Trinajstić information content (AvgIpc) is 4.00. The van der Waals surface area contributed by atoms with Crippen LogP contribution in [0.1, 0.15) is 77.0 Å².